The lowest BCUT2D eigenvalue weighted by atomic mass is 10.2. The summed E-state index contributed by atoms with van der Waals surface area (Å²) in [6, 6.07) is 5.97. The monoisotopic (exact) mass is 291 g/mol. The summed E-state index contributed by atoms with van der Waals surface area (Å²) in [6.45, 7) is 1.08. The Bertz CT molecular complexity index is 629. The maximum Gasteiger partial charge on any atom is 0.125 e. The van der Waals surface area contributed by atoms with Gasteiger partial charge >= 0.3 is 0 Å². The first-order chi connectivity index (χ1) is 9.81. The van der Waals surface area contributed by atoms with Crippen LogP contribution < -0.4 is 5.32 Å². The zero-order valence-electron chi connectivity index (χ0n) is 11.3. The zero-order valence-corrected chi connectivity index (χ0v) is 12.1. The number of hydrogen-bond acceptors (Lipinski definition) is 3. The molecule has 1 saturated carbocycles. The largest absolute Gasteiger partial charge is 0.325 e. The Labute approximate surface area is 121 Å². The van der Waals surface area contributed by atoms with Gasteiger partial charge in [-0.1, -0.05) is 0 Å². The molecule has 4 rings (SSSR count). The van der Waals surface area contributed by atoms with Crippen LogP contribution >= 0.6 is 11.8 Å². The average Bonchev–Trinajstić information content (AvgIpc) is 3.23. The van der Waals surface area contributed by atoms with E-state index in [0.717, 1.165) is 35.6 Å². The van der Waals surface area contributed by atoms with Gasteiger partial charge in [0, 0.05) is 36.6 Å². The standard InChI is InChI=1S/C15H18FN3S/c16-10-1-4-13-14(7-10)19(12-2-3-12)15(18-13)8-11-9-20-6-5-17-11/h1,4,7,11-12,17H,2-3,5-6,8-9H2. The van der Waals surface area contributed by atoms with Crippen molar-refractivity contribution in [3.05, 3.63) is 29.8 Å². The van der Waals surface area contributed by atoms with Gasteiger partial charge in [0.15, 0.2) is 0 Å². The highest BCUT2D eigenvalue weighted by molar-refractivity contribution is 7.99. The summed E-state index contributed by atoms with van der Waals surface area (Å²) < 4.78 is 15.8. The number of nitrogens with one attached hydrogen (secondary N) is 1. The number of imidazole rings is 1. The Kier molecular flexibility index (Phi) is 3.19. The zero-order chi connectivity index (χ0) is 13.5. The smallest absolute Gasteiger partial charge is 0.125 e. The first kappa shape index (κ1) is 12.7. The van der Waals surface area contributed by atoms with E-state index in [-0.39, 0.29) is 5.82 Å². The molecule has 0 amide bonds. The number of aromatic nitrogens is 2. The number of benzene rings is 1. The maximum atomic E-state index is 13.5. The average molecular weight is 291 g/mol. The molecule has 0 spiro atoms. The summed E-state index contributed by atoms with van der Waals surface area (Å²) in [5.74, 6) is 3.29. The molecule has 106 valence electrons. The Morgan fingerprint density at radius 2 is 2.30 bits per heavy atom. The number of rotatable bonds is 3. The molecule has 1 aliphatic heterocycles. The van der Waals surface area contributed by atoms with E-state index in [4.69, 9.17) is 4.98 Å². The van der Waals surface area contributed by atoms with Crippen LogP contribution in [0.3, 0.4) is 0 Å². The highest BCUT2D eigenvalue weighted by atomic mass is 32.2. The van der Waals surface area contributed by atoms with E-state index >= 15 is 0 Å². The Hall–Kier alpha value is -1.07. The third-order valence-corrected chi connectivity index (χ3v) is 5.19. The van der Waals surface area contributed by atoms with E-state index in [1.807, 2.05) is 11.8 Å². The van der Waals surface area contributed by atoms with Crippen molar-refractivity contribution in [3.63, 3.8) is 0 Å². The number of halogens is 1. The first-order valence-corrected chi connectivity index (χ1v) is 8.44. The molecule has 0 bridgehead atoms. The molecule has 1 aromatic heterocycles. The van der Waals surface area contributed by atoms with Gasteiger partial charge < -0.3 is 9.88 Å². The highest BCUT2D eigenvalue weighted by Gasteiger charge is 2.29. The van der Waals surface area contributed by atoms with Gasteiger partial charge in [-0.3, -0.25) is 0 Å². The number of hydrogen-bond donors (Lipinski definition) is 1. The van der Waals surface area contributed by atoms with E-state index in [9.17, 15) is 4.39 Å². The van der Waals surface area contributed by atoms with Crippen molar-refractivity contribution < 1.29 is 4.39 Å². The van der Waals surface area contributed by atoms with Gasteiger partial charge in [-0.05, 0) is 31.0 Å². The third kappa shape index (κ3) is 2.33. The molecule has 1 aliphatic carbocycles. The number of nitrogens with zero attached hydrogens (tertiary/aromatic N) is 2. The molecule has 1 atom stereocenters. The topological polar surface area (TPSA) is 29.9 Å². The molecule has 2 heterocycles. The van der Waals surface area contributed by atoms with Crippen LogP contribution in [0.1, 0.15) is 24.7 Å². The van der Waals surface area contributed by atoms with Crippen LogP contribution in [0.5, 0.6) is 0 Å². The van der Waals surface area contributed by atoms with Gasteiger partial charge in [0.05, 0.1) is 11.0 Å². The van der Waals surface area contributed by atoms with Crippen LogP contribution in [0, 0.1) is 5.82 Å². The molecule has 5 heteroatoms. The minimum Gasteiger partial charge on any atom is -0.325 e. The minimum absolute atomic E-state index is 0.169. The van der Waals surface area contributed by atoms with Crippen molar-refractivity contribution in [2.75, 3.05) is 18.1 Å². The van der Waals surface area contributed by atoms with Crippen LogP contribution in [0.2, 0.25) is 0 Å². The second-order valence-electron chi connectivity index (χ2n) is 5.69. The van der Waals surface area contributed by atoms with Crippen LogP contribution in [0.25, 0.3) is 11.0 Å². The van der Waals surface area contributed by atoms with E-state index < -0.39 is 0 Å². The molecule has 3 nitrogen and oxygen atoms in total. The van der Waals surface area contributed by atoms with Crippen molar-refractivity contribution in [2.24, 2.45) is 0 Å². The van der Waals surface area contributed by atoms with Crippen LogP contribution in [-0.4, -0.2) is 33.6 Å². The predicted molar refractivity (Wildman–Crippen MR) is 80.8 cm³/mol. The summed E-state index contributed by atoms with van der Waals surface area (Å²) in [6.07, 6.45) is 3.34. The van der Waals surface area contributed by atoms with Gasteiger partial charge in [0.1, 0.15) is 11.6 Å². The van der Waals surface area contributed by atoms with E-state index in [0.29, 0.717) is 12.1 Å². The number of fused-ring (bicyclic) bond motifs is 1. The fraction of sp³-hybridized carbons (Fsp3) is 0.533. The summed E-state index contributed by atoms with van der Waals surface area (Å²) in [7, 11) is 0. The van der Waals surface area contributed by atoms with Crippen molar-refractivity contribution in [1.29, 1.82) is 0 Å². The van der Waals surface area contributed by atoms with Crippen LogP contribution in [0.4, 0.5) is 4.39 Å². The third-order valence-electron chi connectivity index (χ3n) is 4.06. The molecular weight excluding hydrogens is 273 g/mol. The maximum absolute atomic E-state index is 13.5. The Balaban J connectivity index is 1.72. The summed E-state index contributed by atoms with van der Waals surface area (Å²) in [5.41, 5.74) is 1.89. The van der Waals surface area contributed by atoms with Crippen LogP contribution in [0.15, 0.2) is 18.2 Å². The molecule has 1 aromatic carbocycles. The fourth-order valence-electron chi connectivity index (χ4n) is 2.97. The van der Waals surface area contributed by atoms with Gasteiger partial charge in [0.25, 0.3) is 0 Å². The highest BCUT2D eigenvalue weighted by Crippen LogP contribution is 2.39. The molecule has 1 saturated heterocycles. The Morgan fingerprint density at radius 3 is 3.05 bits per heavy atom. The molecule has 2 aliphatic rings. The van der Waals surface area contributed by atoms with E-state index in [1.54, 1.807) is 12.1 Å². The minimum atomic E-state index is -0.169. The molecule has 0 radical (unpaired) electrons. The molecule has 1 N–H and O–H groups in total. The quantitative estimate of drug-likeness (QED) is 0.943. The van der Waals surface area contributed by atoms with Gasteiger partial charge in [-0.2, -0.15) is 11.8 Å². The summed E-state index contributed by atoms with van der Waals surface area (Å²) >= 11 is 2.00. The number of thioether (sulfide) groups is 1. The van der Waals surface area contributed by atoms with Crippen LogP contribution in [-0.2, 0) is 6.42 Å². The molecular formula is C15H18FN3S. The fourth-order valence-corrected chi connectivity index (χ4v) is 3.92. The van der Waals surface area contributed by atoms with Crippen molar-refractivity contribution in [2.45, 2.75) is 31.3 Å². The molecule has 1 unspecified atom stereocenters. The lowest BCUT2D eigenvalue weighted by molar-refractivity contribution is 0.535. The van der Waals surface area contributed by atoms with E-state index in [1.165, 1.54) is 24.7 Å². The molecule has 20 heavy (non-hydrogen) atoms. The van der Waals surface area contributed by atoms with Gasteiger partial charge in [-0.15, -0.1) is 0 Å². The van der Waals surface area contributed by atoms with Crippen molar-refractivity contribution in [3.8, 4) is 0 Å². The second kappa shape index (κ2) is 5.04. The van der Waals surface area contributed by atoms with Gasteiger partial charge in [-0.25, -0.2) is 9.37 Å². The molecule has 2 fully saturated rings. The summed E-state index contributed by atoms with van der Waals surface area (Å²) in [5, 5.41) is 3.56. The lowest BCUT2D eigenvalue weighted by Crippen LogP contribution is -2.39. The normalized spacial score (nSPS) is 23.4. The second-order valence-corrected chi connectivity index (χ2v) is 6.84. The first-order valence-electron chi connectivity index (χ1n) is 7.29. The SMILES string of the molecule is Fc1ccc2nc(CC3CSCCN3)n(C3CC3)c2c1. The molecule has 2 aromatic rings. The van der Waals surface area contributed by atoms with Gasteiger partial charge in [0.2, 0.25) is 0 Å². The predicted octanol–water partition coefficient (Wildman–Crippen LogP) is 2.76. The Morgan fingerprint density at radius 1 is 1.40 bits per heavy atom. The van der Waals surface area contributed by atoms with Crippen molar-refractivity contribution >= 4 is 22.8 Å². The van der Waals surface area contributed by atoms with Crippen molar-refractivity contribution in [1.82, 2.24) is 14.9 Å². The summed E-state index contributed by atoms with van der Waals surface area (Å²) in [4.78, 5) is 4.76. The van der Waals surface area contributed by atoms with E-state index in [2.05, 4.69) is 9.88 Å². The lowest BCUT2D eigenvalue weighted by Gasteiger charge is -2.23.